The summed E-state index contributed by atoms with van der Waals surface area (Å²) in [6, 6.07) is 1.63. The summed E-state index contributed by atoms with van der Waals surface area (Å²) in [5.74, 6) is 1.96. The third-order valence-corrected chi connectivity index (χ3v) is 3.91. The van der Waals surface area contributed by atoms with E-state index in [4.69, 9.17) is 5.73 Å². The molecule has 0 unspecified atom stereocenters. The van der Waals surface area contributed by atoms with E-state index < -0.39 is 10.0 Å². The Hall–Kier alpha value is -1.06. The van der Waals surface area contributed by atoms with E-state index in [0.29, 0.717) is 29.9 Å². The molecule has 4 N–H and O–H groups in total. The second kappa shape index (κ2) is 8.28. The van der Waals surface area contributed by atoms with Crippen molar-refractivity contribution in [2.75, 3.05) is 36.1 Å². The lowest BCUT2D eigenvalue weighted by atomic mass is 10.4. The van der Waals surface area contributed by atoms with Crippen LogP contribution in [0.5, 0.6) is 0 Å². The van der Waals surface area contributed by atoms with Gasteiger partial charge in [-0.15, -0.1) is 0 Å². The third kappa shape index (κ3) is 7.51. The van der Waals surface area contributed by atoms with E-state index >= 15 is 0 Å². The summed E-state index contributed by atoms with van der Waals surface area (Å²) in [6.07, 6.45) is 3.35. The van der Waals surface area contributed by atoms with E-state index in [1.54, 1.807) is 17.8 Å². The van der Waals surface area contributed by atoms with Crippen molar-refractivity contribution in [3.05, 3.63) is 6.07 Å². The van der Waals surface area contributed by atoms with Gasteiger partial charge in [0.1, 0.15) is 11.6 Å². The molecule has 1 heterocycles. The Morgan fingerprint density at radius 2 is 2.10 bits per heavy atom. The first-order valence-electron chi connectivity index (χ1n) is 6.36. The van der Waals surface area contributed by atoms with E-state index in [-0.39, 0.29) is 0 Å². The molecule has 20 heavy (non-hydrogen) atoms. The summed E-state index contributed by atoms with van der Waals surface area (Å²) in [5.41, 5.74) is 5.72. The van der Waals surface area contributed by atoms with Crippen molar-refractivity contribution < 1.29 is 8.42 Å². The first-order valence-corrected chi connectivity index (χ1v) is 9.24. The molecule has 0 radical (unpaired) electrons. The maximum absolute atomic E-state index is 10.9. The van der Waals surface area contributed by atoms with E-state index in [1.807, 2.05) is 0 Å². The summed E-state index contributed by atoms with van der Waals surface area (Å²) in [7, 11) is -3.16. The molecule has 0 atom stereocenters. The topological polar surface area (TPSA) is 110 Å². The first-order chi connectivity index (χ1) is 9.40. The van der Waals surface area contributed by atoms with Crippen LogP contribution in [-0.2, 0) is 10.0 Å². The average molecular weight is 319 g/mol. The van der Waals surface area contributed by atoms with Gasteiger partial charge in [0.25, 0.3) is 0 Å². The average Bonchev–Trinajstić information content (AvgIpc) is 2.33. The number of nitrogen functional groups attached to an aromatic ring is 1. The van der Waals surface area contributed by atoms with Gasteiger partial charge in [-0.3, -0.25) is 0 Å². The van der Waals surface area contributed by atoms with Gasteiger partial charge in [-0.1, -0.05) is 25.1 Å². The van der Waals surface area contributed by atoms with Crippen molar-refractivity contribution in [2.24, 2.45) is 0 Å². The molecule has 114 valence electrons. The Morgan fingerprint density at radius 3 is 2.75 bits per heavy atom. The van der Waals surface area contributed by atoms with Crippen LogP contribution in [0.2, 0.25) is 0 Å². The van der Waals surface area contributed by atoms with Crippen LogP contribution in [-0.4, -0.2) is 43.5 Å². The zero-order valence-electron chi connectivity index (χ0n) is 11.7. The molecule has 0 aliphatic rings. The molecule has 0 amide bonds. The molecule has 1 aromatic rings. The highest BCUT2D eigenvalue weighted by atomic mass is 32.2. The second-order valence-corrected chi connectivity index (χ2v) is 7.15. The summed E-state index contributed by atoms with van der Waals surface area (Å²) in [5, 5.41) is 3.65. The molecule has 0 saturated carbocycles. The monoisotopic (exact) mass is 319 g/mol. The summed E-state index contributed by atoms with van der Waals surface area (Å²) in [4.78, 5) is 8.47. The van der Waals surface area contributed by atoms with E-state index in [9.17, 15) is 8.42 Å². The minimum absolute atomic E-state index is 0.293. The zero-order chi connectivity index (χ0) is 15.0. The van der Waals surface area contributed by atoms with Gasteiger partial charge >= 0.3 is 0 Å². The van der Waals surface area contributed by atoms with Gasteiger partial charge in [0.05, 0.1) is 6.26 Å². The van der Waals surface area contributed by atoms with Gasteiger partial charge in [0.2, 0.25) is 10.0 Å². The second-order valence-electron chi connectivity index (χ2n) is 4.26. The molecule has 0 aromatic carbocycles. The third-order valence-electron chi connectivity index (χ3n) is 2.25. The Morgan fingerprint density at radius 1 is 1.35 bits per heavy atom. The molecule has 9 heteroatoms. The molecule has 0 saturated heterocycles. The van der Waals surface area contributed by atoms with Gasteiger partial charge in [-0.05, 0) is 6.42 Å². The Labute approximate surface area is 124 Å². The highest BCUT2D eigenvalue weighted by Crippen LogP contribution is 2.18. The molecule has 1 rings (SSSR count). The van der Waals surface area contributed by atoms with Gasteiger partial charge in [-0.25, -0.2) is 23.1 Å². The number of thioether (sulfide) groups is 1. The number of rotatable bonds is 9. The summed E-state index contributed by atoms with van der Waals surface area (Å²) < 4.78 is 24.2. The van der Waals surface area contributed by atoms with Gasteiger partial charge in [-0.2, -0.15) is 0 Å². The predicted octanol–water partition coefficient (Wildman–Crippen LogP) is 0.912. The Bertz CT molecular complexity index is 522. The van der Waals surface area contributed by atoms with Crippen molar-refractivity contribution in [3.63, 3.8) is 0 Å². The van der Waals surface area contributed by atoms with Crippen molar-refractivity contribution >= 4 is 33.4 Å². The summed E-state index contributed by atoms with van der Waals surface area (Å²) in [6.45, 7) is 2.85. The molecular weight excluding hydrogens is 298 g/mol. The van der Waals surface area contributed by atoms with Crippen molar-refractivity contribution in [1.82, 2.24) is 14.7 Å². The molecule has 7 nitrogen and oxygen atoms in total. The smallest absolute Gasteiger partial charge is 0.208 e. The van der Waals surface area contributed by atoms with Crippen molar-refractivity contribution in [1.29, 1.82) is 0 Å². The first kappa shape index (κ1) is 17.0. The van der Waals surface area contributed by atoms with Crippen LogP contribution in [0.4, 0.5) is 11.6 Å². The number of aromatic nitrogens is 2. The van der Waals surface area contributed by atoms with E-state index in [1.165, 1.54) is 0 Å². The van der Waals surface area contributed by atoms with E-state index in [0.717, 1.165) is 24.9 Å². The fourth-order valence-electron chi connectivity index (χ4n) is 1.33. The van der Waals surface area contributed by atoms with E-state index in [2.05, 4.69) is 26.9 Å². The van der Waals surface area contributed by atoms with Crippen LogP contribution in [0.25, 0.3) is 0 Å². The number of nitrogens with zero attached hydrogens (tertiary/aromatic N) is 2. The Kier molecular flexibility index (Phi) is 7.03. The number of unbranched alkanes of at least 4 members (excludes halogenated alkanes) is 1. The number of anilines is 2. The number of hydrogen-bond donors (Lipinski definition) is 3. The zero-order valence-corrected chi connectivity index (χ0v) is 13.4. The maximum atomic E-state index is 10.9. The lowest BCUT2D eigenvalue weighted by Gasteiger charge is -2.08. The van der Waals surface area contributed by atoms with Crippen LogP contribution < -0.4 is 15.8 Å². The maximum Gasteiger partial charge on any atom is 0.208 e. The fraction of sp³-hybridized carbons (Fsp3) is 0.636. The minimum atomic E-state index is -3.16. The normalized spacial score (nSPS) is 11.5. The molecule has 1 aromatic heterocycles. The van der Waals surface area contributed by atoms with Crippen molar-refractivity contribution in [3.8, 4) is 0 Å². The fourth-order valence-corrected chi connectivity index (χ4v) is 2.75. The molecule has 0 aliphatic heterocycles. The highest BCUT2D eigenvalue weighted by Gasteiger charge is 2.04. The van der Waals surface area contributed by atoms with Crippen LogP contribution >= 0.6 is 11.8 Å². The molecular formula is C11H21N5O2S2. The largest absolute Gasteiger partial charge is 0.383 e. The van der Waals surface area contributed by atoms with Crippen molar-refractivity contribution in [2.45, 2.75) is 24.9 Å². The highest BCUT2D eigenvalue weighted by molar-refractivity contribution is 7.99. The van der Waals surface area contributed by atoms with Crippen LogP contribution in [0.1, 0.15) is 19.8 Å². The lowest BCUT2D eigenvalue weighted by molar-refractivity contribution is 0.589. The molecule has 0 aliphatic carbocycles. The van der Waals surface area contributed by atoms with Crippen LogP contribution in [0.15, 0.2) is 11.2 Å². The summed E-state index contributed by atoms with van der Waals surface area (Å²) >= 11 is 1.56. The predicted molar refractivity (Wildman–Crippen MR) is 83.4 cm³/mol. The Balaban J connectivity index is 2.48. The standard InChI is InChI=1S/C11H21N5O2S2/c1-3-4-7-19-11-15-9(12)8-10(16-11)13-5-6-14-20(2,17)18/h8,14H,3-7H2,1-2H3,(H3,12,13,15,16). The molecule has 0 fully saturated rings. The van der Waals surface area contributed by atoms with Crippen LogP contribution in [0, 0.1) is 0 Å². The van der Waals surface area contributed by atoms with Gasteiger partial charge in [0.15, 0.2) is 5.16 Å². The molecule has 0 spiro atoms. The number of sulfonamides is 1. The number of nitrogens with two attached hydrogens (primary N) is 1. The van der Waals surface area contributed by atoms with Crippen LogP contribution in [0.3, 0.4) is 0 Å². The quantitative estimate of drug-likeness (QED) is 0.352. The number of hydrogen-bond acceptors (Lipinski definition) is 7. The molecule has 0 bridgehead atoms. The lowest BCUT2D eigenvalue weighted by Crippen LogP contribution is -2.27. The van der Waals surface area contributed by atoms with Gasteiger partial charge in [0, 0.05) is 24.9 Å². The number of nitrogens with one attached hydrogen (secondary N) is 2. The SMILES string of the molecule is CCCCSc1nc(N)cc(NCCNS(C)(=O)=O)n1. The minimum Gasteiger partial charge on any atom is -0.383 e. The van der Waals surface area contributed by atoms with Gasteiger partial charge < -0.3 is 11.1 Å².